The first-order chi connectivity index (χ1) is 16.9. The SMILES string of the molecule is CCc1ccccc1Oc1coc2cc(OC(=O)CCCOc3ccc(Cl)cc3Br)ccc2c1=O. The number of hydrogen-bond donors (Lipinski definition) is 0. The first kappa shape index (κ1) is 24.8. The molecule has 0 aliphatic heterocycles. The van der Waals surface area contributed by atoms with Gasteiger partial charge in [-0.15, -0.1) is 0 Å². The van der Waals surface area contributed by atoms with Crippen LogP contribution in [-0.4, -0.2) is 12.6 Å². The van der Waals surface area contributed by atoms with Gasteiger partial charge in [-0.3, -0.25) is 9.59 Å². The molecule has 0 N–H and O–H groups in total. The molecule has 180 valence electrons. The molecule has 0 aliphatic rings. The molecule has 6 nitrogen and oxygen atoms in total. The topological polar surface area (TPSA) is 75.0 Å². The first-order valence-electron chi connectivity index (χ1n) is 11.0. The number of benzene rings is 3. The number of ether oxygens (including phenoxy) is 3. The Morgan fingerprint density at radius 3 is 2.66 bits per heavy atom. The standard InChI is InChI=1S/C27H22BrClO6/c1-2-17-6-3-4-7-22(17)35-25-16-33-24-15-19(10-11-20(24)27(25)31)34-26(30)8-5-13-32-23-12-9-18(29)14-21(23)28/h3-4,6-7,9-12,14-16H,2,5,8,13H2,1H3. The van der Waals surface area contributed by atoms with Crippen molar-refractivity contribution in [2.24, 2.45) is 0 Å². The Morgan fingerprint density at radius 1 is 1.03 bits per heavy atom. The van der Waals surface area contributed by atoms with Gasteiger partial charge in [0.1, 0.15) is 29.1 Å². The van der Waals surface area contributed by atoms with E-state index in [1.54, 1.807) is 30.3 Å². The summed E-state index contributed by atoms with van der Waals surface area (Å²) in [6.45, 7) is 2.35. The minimum absolute atomic E-state index is 0.0930. The highest BCUT2D eigenvalue weighted by molar-refractivity contribution is 9.10. The van der Waals surface area contributed by atoms with E-state index in [-0.39, 0.29) is 23.3 Å². The molecule has 0 atom stereocenters. The predicted octanol–water partition coefficient (Wildman–Crippen LogP) is 7.33. The molecule has 0 spiro atoms. The Bertz CT molecular complexity index is 1410. The maximum absolute atomic E-state index is 12.9. The molecule has 0 radical (unpaired) electrons. The second-order valence-electron chi connectivity index (χ2n) is 7.65. The van der Waals surface area contributed by atoms with Gasteiger partial charge in [0.05, 0.1) is 16.5 Å². The molecule has 1 heterocycles. The third-order valence-electron chi connectivity index (χ3n) is 5.20. The van der Waals surface area contributed by atoms with Crippen molar-refractivity contribution in [3.8, 4) is 23.0 Å². The molecular weight excluding hydrogens is 536 g/mol. The largest absolute Gasteiger partial charge is 0.492 e. The lowest BCUT2D eigenvalue weighted by Gasteiger charge is -2.10. The normalized spacial score (nSPS) is 10.8. The van der Waals surface area contributed by atoms with Crippen molar-refractivity contribution in [1.82, 2.24) is 0 Å². The van der Waals surface area contributed by atoms with Crippen LogP contribution in [0.25, 0.3) is 11.0 Å². The van der Waals surface area contributed by atoms with E-state index in [1.165, 1.54) is 12.3 Å². The Balaban J connectivity index is 1.36. The van der Waals surface area contributed by atoms with E-state index in [4.69, 9.17) is 30.2 Å². The van der Waals surface area contributed by atoms with Gasteiger partial charge in [0.2, 0.25) is 11.2 Å². The van der Waals surface area contributed by atoms with E-state index in [9.17, 15) is 9.59 Å². The van der Waals surface area contributed by atoms with Crippen LogP contribution in [0, 0.1) is 0 Å². The molecule has 0 fully saturated rings. The summed E-state index contributed by atoms with van der Waals surface area (Å²) in [4.78, 5) is 25.1. The monoisotopic (exact) mass is 556 g/mol. The van der Waals surface area contributed by atoms with E-state index in [0.717, 1.165) is 16.5 Å². The summed E-state index contributed by atoms with van der Waals surface area (Å²) in [7, 11) is 0. The second kappa shape index (κ2) is 11.4. The van der Waals surface area contributed by atoms with Gasteiger partial charge >= 0.3 is 5.97 Å². The molecule has 3 aromatic carbocycles. The highest BCUT2D eigenvalue weighted by atomic mass is 79.9. The van der Waals surface area contributed by atoms with Gasteiger partial charge in [0.15, 0.2) is 0 Å². The fraction of sp³-hybridized carbons (Fsp3) is 0.185. The van der Waals surface area contributed by atoms with Crippen molar-refractivity contribution < 1.29 is 23.4 Å². The quantitative estimate of drug-likeness (QED) is 0.122. The highest BCUT2D eigenvalue weighted by Crippen LogP contribution is 2.29. The Morgan fingerprint density at radius 2 is 1.86 bits per heavy atom. The maximum Gasteiger partial charge on any atom is 0.311 e. The average molecular weight is 558 g/mol. The van der Waals surface area contributed by atoms with Crippen molar-refractivity contribution in [3.05, 3.63) is 92.2 Å². The van der Waals surface area contributed by atoms with Crippen molar-refractivity contribution in [2.45, 2.75) is 26.2 Å². The lowest BCUT2D eigenvalue weighted by Crippen LogP contribution is -2.10. The van der Waals surface area contributed by atoms with Gasteiger partial charge < -0.3 is 18.6 Å². The Kier molecular flexibility index (Phi) is 8.10. The van der Waals surface area contributed by atoms with E-state index < -0.39 is 5.97 Å². The molecule has 0 amide bonds. The lowest BCUT2D eigenvalue weighted by molar-refractivity contribution is -0.134. The van der Waals surface area contributed by atoms with Crippen LogP contribution >= 0.6 is 27.5 Å². The molecule has 1 aromatic heterocycles. The smallest absolute Gasteiger partial charge is 0.311 e. The van der Waals surface area contributed by atoms with Crippen molar-refractivity contribution in [3.63, 3.8) is 0 Å². The van der Waals surface area contributed by atoms with E-state index >= 15 is 0 Å². The summed E-state index contributed by atoms with van der Waals surface area (Å²) >= 11 is 9.30. The number of rotatable bonds is 9. The summed E-state index contributed by atoms with van der Waals surface area (Å²) < 4.78 is 23.2. The number of para-hydroxylation sites is 1. The number of hydrogen-bond acceptors (Lipinski definition) is 6. The summed E-state index contributed by atoms with van der Waals surface area (Å²) in [5.41, 5.74) is 0.980. The van der Waals surface area contributed by atoms with Gasteiger partial charge in [-0.05, 0) is 70.7 Å². The van der Waals surface area contributed by atoms with Gasteiger partial charge in [-0.1, -0.05) is 36.7 Å². The molecule has 4 rings (SSSR count). The van der Waals surface area contributed by atoms with Crippen LogP contribution in [0.5, 0.6) is 23.0 Å². The molecule has 0 saturated heterocycles. The molecule has 35 heavy (non-hydrogen) atoms. The average Bonchev–Trinajstić information content (AvgIpc) is 2.85. The highest BCUT2D eigenvalue weighted by Gasteiger charge is 2.13. The van der Waals surface area contributed by atoms with E-state index in [2.05, 4.69) is 15.9 Å². The van der Waals surface area contributed by atoms with Crippen LogP contribution in [-0.2, 0) is 11.2 Å². The number of carbonyl (C=O) groups excluding carboxylic acids is 1. The Hall–Kier alpha value is -3.29. The minimum atomic E-state index is -0.415. The number of fused-ring (bicyclic) bond motifs is 1. The Labute approximate surface area is 215 Å². The van der Waals surface area contributed by atoms with Crippen LogP contribution in [0.2, 0.25) is 5.02 Å². The fourth-order valence-electron chi connectivity index (χ4n) is 3.41. The molecular formula is C27H22BrClO6. The molecule has 0 saturated carbocycles. The van der Waals surface area contributed by atoms with E-state index in [0.29, 0.717) is 40.5 Å². The molecule has 4 aromatic rings. The predicted molar refractivity (Wildman–Crippen MR) is 138 cm³/mol. The number of aryl methyl sites for hydroxylation is 1. The lowest BCUT2D eigenvalue weighted by atomic mass is 10.1. The molecule has 0 aliphatic carbocycles. The number of carbonyl (C=O) groups is 1. The number of halogens is 2. The van der Waals surface area contributed by atoms with Crippen LogP contribution < -0.4 is 19.6 Å². The van der Waals surface area contributed by atoms with Crippen molar-refractivity contribution in [1.29, 1.82) is 0 Å². The van der Waals surface area contributed by atoms with Gasteiger partial charge in [-0.2, -0.15) is 0 Å². The van der Waals surface area contributed by atoms with E-state index in [1.807, 2.05) is 31.2 Å². The summed E-state index contributed by atoms with van der Waals surface area (Å²) in [5.74, 6) is 1.22. The van der Waals surface area contributed by atoms with Gasteiger partial charge in [0.25, 0.3) is 0 Å². The summed E-state index contributed by atoms with van der Waals surface area (Å²) in [5, 5.41) is 0.933. The third kappa shape index (κ3) is 6.24. The van der Waals surface area contributed by atoms with Gasteiger partial charge in [0, 0.05) is 17.5 Å². The molecule has 0 unspecified atom stereocenters. The number of esters is 1. The van der Waals surface area contributed by atoms with Crippen LogP contribution in [0.1, 0.15) is 25.3 Å². The van der Waals surface area contributed by atoms with Crippen molar-refractivity contribution >= 4 is 44.5 Å². The molecule has 0 bridgehead atoms. The molecule has 8 heteroatoms. The summed E-state index contributed by atoms with van der Waals surface area (Å²) in [6.07, 6.45) is 2.68. The van der Waals surface area contributed by atoms with Crippen LogP contribution in [0.15, 0.2) is 80.6 Å². The third-order valence-corrected chi connectivity index (χ3v) is 6.05. The van der Waals surface area contributed by atoms with Gasteiger partial charge in [-0.25, -0.2) is 0 Å². The summed E-state index contributed by atoms with van der Waals surface area (Å²) in [6, 6.07) is 17.4. The maximum atomic E-state index is 12.9. The zero-order valence-electron chi connectivity index (χ0n) is 18.9. The zero-order chi connectivity index (χ0) is 24.8. The fourth-order valence-corrected chi connectivity index (χ4v) is 4.21. The minimum Gasteiger partial charge on any atom is -0.492 e. The zero-order valence-corrected chi connectivity index (χ0v) is 21.2. The first-order valence-corrected chi connectivity index (χ1v) is 12.2. The van der Waals surface area contributed by atoms with Crippen LogP contribution in [0.4, 0.5) is 0 Å². The van der Waals surface area contributed by atoms with Crippen LogP contribution in [0.3, 0.4) is 0 Å². The van der Waals surface area contributed by atoms with Crippen molar-refractivity contribution in [2.75, 3.05) is 6.61 Å². The second-order valence-corrected chi connectivity index (χ2v) is 8.94.